The monoisotopic (exact) mass is 623 g/mol. The van der Waals surface area contributed by atoms with Crippen LogP contribution < -0.4 is 10.2 Å². The Labute approximate surface area is 264 Å². The van der Waals surface area contributed by atoms with Crippen LogP contribution in [-0.4, -0.2) is 114 Å². The predicted molar refractivity (Wildman–Crippen MR) is 165 cm³/mol. The number of carbonyl (C=O) groups is 5. The number of fused-ring (bicyclic) bond motifs is 1. The molecule has 5 aliphatic rings. The summed E-state index contributed by atoms with van der Waals surface area (Å²) in [7, 11) is 0. The van der Waals surface area contributed by atoms with Gasteiger partial charge in [-0.2, -0.15) is 0 Å². The van der Waals surface area contributed by atoms with E-state index in [2.05, 4.69) is 15.1 Å². The van der Waals surface area contributed by atoms with Gasteiger partial charge in [0.05, 0.1) is 23.3 Å². The zero-order valence-electron chi connectivity index (χ0n) is 26.8. The smallest absolute Gasteiger partial charge is 0.410 e. The molecule has 1 aromatic rings. The van der Waals surface area contributed by atoms with E-state index >= 15 is 0 Å². The third-order valence-corrected chi connectivity index (χ3v) is 9.77. The normalized spacial score (nSPS) is 26.6. The number of ether oxygens (including phenoxy) is 2. The molecule has 0 radical (unpaired) electrons. The summed E-state index contributed by atoms with van der Waals surface area (Å²) >= 11 is 0. The van der Waals surface area contributed by atoms with Crippen LogP contribution in [0.4, 0.5) is 10.5 Å². The SMILES string of the molecule is CCc1c(N2CCN(C3CC(OC4CCN(C(=O)OC(C)(C)C)CC4)C3)CC2)ccc2c1C(=O)N([C@@H]1CCC(=O)NC1=O)C2=O. The highest BCUT2D eigenvalue weighted by molar-refractivity contribution is 6.24. The highest BCUT2D eigenvalue weighted by atomic mass is 16.6. The summed E-state index contributed by atoms with van der Waals surface area (Å²) < 4.78 is 11.9. The first-order valence-electron chi connectivity index (χ1n) is 16.4. The van der Waals surface area contributed by atoms with Gasteiger partial charge in [0.2, 0.25) is 11.8 Å². The zero-order chi connectivity index (χ0) is 32.0. The third-order valence-electron chi connectivity index (χ3n) is 9.77. The number of rotatable bonds is 6. The molecule has 4 fully saturated rings. The van der Waals surface area contributed by atoms with Crippen molar-refractivity contribution < 1.29 is 33.4 Å². The Bertz CT molecular complexity index is 1370. The predicted octanol–water partition coefficient (Wildman–Crippen LogP) is 2.72. The second kappa shape index (κ2) is 12.4. The van der Waals surface area contributed by atoms with Crippen LogP contribution in [0.25, 0.3) is 0 Å². The summed E-state index contributed by atoms with van der Waals surface area (Å²) in [5.74, 6) is -1.89. The van der Waals surface area contributed by atoms with Crippen molar-refractivity contribution in [1.82, 2.24) is 20.0 Å². The van der Waals surface area contributed by atoms with Gasteiger partial charge in [-0.3, -0.25) is 34.3 Å². The molecule has 12 nitrogen and oxygen atoms in total. The zero-order valence-corrected chi connectivity index (χ0v) is 26.8. The molecule has 1 saturated carbocycles. The van der Waals surface area contributed by atoms with Crippen molar-refractivity contribution in [2.75, 3.05) is 44.2 Å². The molecular weight excluding hydrogens is 578 g/mol. The molecule has 0 bridgehead atoms. The molecule has 1 atom stereocenters. The molecule has 4 aliphatic heterocycles. The van der Waals surface area contributed by atoms with E-state index in [4.69, 9.17) is 9.47 Å². The van der Waals surface area contributed by atoms with Crippen LogP contribution in [0.5, 0.6) is 0 Å². The van der Waals surface area contributed by atoms with Crippen LogP contribution in [0.2, 0.25) is 0 Å². The molecular formula is C33H45N5O7. The first-order valence-corrected chi connectivity index (χ1v) is 16.4. The lowest BCUT2D eigenvalue weighted by Crippen LogP contribution is -2.56. The number of hydrogen-bond acceptors (Lipinski definition) is 9. The number of benzene rings is 1. The average molecular weight is 624 g/mol. The van der Waals surface area contributed by atoms with E-state index in [1.54, 1.807) is 11.0 Å². The van der Waals surface area contributed by atoms with Gasteiger partial charge in [-0.15, -0.1) is 0 Å². The van der Waals surface area contributed by atoms with E-state index in [9.17, 15) is 24.0 Å². The maximum atomic E-state index is 13.6. The summed E-state index contributed by atoms with van der Waals surface area (Å²) in [5, 5.41) is 2.26. The van der Waals surface area contributed by atoms with Crippen molar-refractivity contribution in [2.45, 2.75) is 103 Å². The minimum atomic E-state index is -0.966. The van der Waals surface area contributed by atoms with Crippen LogP contribution in [0.1, 0.15) is 92.5 Å². The Kier molecular flexibility index (Phi) is 8.64. The van der Waals surface area contributed by atoms with Crippen LogP contribution >= 0.6 is 0 Å². The van der Waals surface area contributed by atoms with Crippen LogP contribution in [-0.2, 0) is 25.5 Å². The van der Waals surface area contributed by atoms with Crippen LogP contribution in [0.3, 0.4) is 0 Å². The lowest BCUT2D eigenvalue weighted by atomic mass is 9.87. The number of likely N-dealkylation sites (tertiary alicyclic amines) is 1. The summed E-state index contributed by atoms with van der Waals surface area (Å²) in [6.45, 7) is 12.4. The van der Waals surface area contributed by atoms with Crippen molar-refractivity contribution in [3.63, 3.8) is 0 Å². The molecule has 244 valence electrons. The van der Waals surface area contributed by atoms with Gasteiger partial charge in [0.25, 0.3) is 11.8 Å². The Balaban J connectivity index is 0.998. The van der Waals surface area contributed by atoms with E-state index in [1.165, 1.54) is 0 Å². The summed E-state index contributed by atoms with van der Waals surface area (Å²) in [6, 6.07) is 3.18. The molecule has 1 aliphatic carbocycles. The maximum absolute atomic E-state index is 13.6. The standard InChI is InChI=1S/C33H45N5O7/c1-5-23-25(7-6-24-28(23)31(42)38(30(24)41)26-8-9-27(39)34-29(26)40)36-16-14-35(15-17-36)20-18-22(19-20)44-21-10-12-37(13-11-21)32(43)45-33(2,3)4/h6-7,20-22,26H,5,8-19H2,1-4H3,(H,34,39,40)/t20?,22?,26-/m1/s1. The Morgan fingerprint density at radius 1 is 0.911 bits per heavy atom. The molecule has 0 unspecified atom stereocenters. The second-order valence-electron chi connectivity index (χ2n) is 13.9. The second-order valence-corrected chi connectivity index (χ2v) is 13.9. The minimum absolute atomic E-state index is 0.100. The van der Waals surface area contributed by atoms with Crippen molar-refractivity contribution >= 4 is 35.4 Å². The molecule has 1 aromatic carbocycles. The van der Waals surface area contributed by atoms with Crippen molar-refractivity contribution in [3.8, 4) is 0 Å². The molecule has 12 heteroatoms. The summed E-state index contributed by atoms with van der Waals surface area (Å²) in [5.41, 5.74) is 2.04. The van der Waals surface area contributed by atoms with E-state index in [0.29, 0.717) is 36.7 Å². The van der Waals surface area contributed by atoms with Gasteiger partial charge in [-0.05, 0) is 77.0 Å². The lowest BCUT2D eigenvalue weighted by molar-refractivity contribution is -0.136. The fraction of sp³-hybridized carbons (Fsp3) is 0.667. The highest BCUT2D eigenvalue weighted by Gasteiger charge is 2.46. The fourth-order valence-electron chi connectivity index (χ4n) is 7.32. The van der Waals surface area contributed by atoms with Gasteiger partial charge < -0.3 is 19.3 Å². The largest absolute Gasteiger partial charge is 0.444 e. The van der Waals surface area contributed by atoms with Crippen LogP contribution in [0.15, 0.2) is 12.1 Å². The summed E-state index contributed by atoms with van der Waals surface area (Å²) in [6.07, 6.45) is 4.71. The lowest BCUT2D eigenvalue weighted by Gasteiger charge is -2.48. The Morgan fingerprint density at radius 2 is 1.60 bits per heavy atom. The van der Waals surface area contributed by atoms with Gasteiger partial charge in [-0.25, -0.2) is 4.79 Å². The van der Waals surface area contributed by atoms with E-state index in [1.807, 2.05) is 33.8 Å². The number of anilines is 1. The average Bonchev–Trinajstić information content (AvgIpc) is 3.23. The quantitative estimate of drug-likeness (QED) is 0.476. The Morgan fingerprint density at radius 3 is 2.22 bits per heavy atom. The van der Waals surface area contributed by atoms with Crippen LogP contribution in [0, 0.1) is 0 Å². The molecule has 0 spiro atoms. The molecule has 45 heavy (non-hydrogen) atoms. The van der Waals surface area contributed by atoms with E-state index in [-0.39, 0.29) is 37.0 Å². The number of amides is 5. The Hall–Kier alpha value is -3.51. The van der Waals surface area contributed by atoms with E-state index < -0.39 is 29.4 Å². The highest BCUT2D eigenvalue weighted by Crippen LogP contribution is 2.37. The van der Waals surface area contributed by atoms with Crippen molar-refractivity contribution in [3.05, 3.63) is 28.8 Å². The number of imide groups is 2. The molecule has 6 rings (SSSR count). The molecule has 4 heterocycles. The number of hydrogen-bond donors (Lipinski definition) is 1. The fourth-order valence-corrected chi connectivity index (χ4v) is 7.32. The first-order chi connectivity index (χ1) is 21.4. The minimum Gasteiger partial charge on any atom is -0.444 e. The van der Waals surface area contributed by atoms with Gasteiger partial charge in [0.1, 0.15) is 11.6 Å². The van der Waals surface area contributed by atoms with Gasteiger partial charge in [-0.1, -0.05) is 6.92 Å². The van der Waals surface area contributed by atoms with Gasteiger partial charge in [0, 0.05) is 57.4 Å². The number of carbonyl (C=O) groups excluding carboxylic acids is 5. The topological polar surface area (TPSA) is 129 Å². The van der Waals surface area contributed by atoms with Gasteiger partial charge >= 0.3 is 6.09 Å². The molecule has 0 aromatic heterocycles. The van der Waals surface area contributed by atoms with Gasteiger partial charge in [0.15, 0.2) is 0 Å². The maximum Gasteiger partial charge on any atom is 0.410 e. The number of nitrogens with one attached hydrogen (secondary N) is 1. The number of nitrogens with zero attached hydrogens (tertiary/aromatic N) is 4. The van der Waals surface area contributed by atoms with E-state index in [0.717, 1.165) is 68.0 Å². The first kappa shape index (κ1) is 31.5. The molecule has 3 saturated heterocycles. The third kappa shape index (κ3) is 6.31. The number of piperidine rings is 2. The van der Waals surface area contributed by atoms with Crippen molar-refractivity contribution in [2.24, 2.45) is 0 Å². The van der Waals surface area contributed by atoms with Crippen molar-refractivity contribution in [1.29, 1.82) is 0 Å². The molecule has 5 amide bonds. The number of piperazine rings is 1. The summed E-state index contributed by atoms with van der Waals surface area (Å²) in [4.78, 5) is 71.0. The molecule has 1 N–H and O–H groups in total.